The Morgan fingerprint density at radius 1 is 1.28 bits per heavy atom. The smallest absolute Gasteiger partial charge is 0.162 e. The Balaban J connectivity index is 1.80. The van der Waals surface area contributed by atoms with Crippen LogP contribution in [0.3, 0.4) is 0 Å². The third kappa shape index (κ3) is 3.40. The largest absolute Gasteiger partial charge is 0.491 e. The average Bonchev–Trinajstić information content (AvgIpc) is 2.79. The molecular weight excluding hydrogens is 240 g/mol. The molecule has 100 valence electrons. The average molecular weight is 257 g/mol. The van der Waals surface area contributed by atoms with Gasteiger partial charge in [0.05, 0.1) is 12.2 Å². The third-order valence-corrected chi connectivity index (χ3v) is 2.95. The molecule has 0 saturated carbocycles. The molecule has 3 nitrogen and oxygen atoms in total. The van der Waals surface area contributed by atoms with Crippen LogP contribution in [0.25, 0.3) is 0 Å². The third-order valence-electron chi connectivity index (χ3n) is 2.95. The maximum Gasteiger partial charge on any atom is 0.162 e. The molecule has 0 aromatic heterocycles. The lowest BCUT2D eigenvalue weighted by Gasteiger charge is -2.14. The fourth-order valence-corrected chi connectivity index (χ4v) is 2.04. The molecule has 1 aliphatic rings. The van der Waals surface area contributed by atoms with Crippen LogP contribution in [0.15, 0.2) is 18.2 Å². The number of rotatable bonds is 5. The van der Waals surface area contributed by atoms with E-state index in [1.807, 2.05) is 7.05 Å². The van der Waals surface area contributed by atoms with Crippen molar-refractivity contribution < 1.29 is 18.3 Å². The molecule has 0 bridgehead atoms. The maximum absolute atomic E-state index is 12.9. The van der Waals surface area contributed by atoms with E-state index in [4.69, 9.17) is 9.47 Å². The first-order valence-electron chi connectivity index (χ1n) is 6.07. The van der Waals surface area contributed by atoms with E-state index in [0.29, 0.717) is 12.4 Å². The van der Waals surface area contributed by atoms with Gasteiger partial charge in [-0.3, -0.25) is 0 Å². The van der Waals surface area contributed by atoms with Crippen LogP contribution in [0.4, 0.5) is 8.78 Å². The van der Waals surface area contributed by atoms with Gasteiger partial charge in [0.25, 0.3) is 0 Å². The van der Waals surface area contributed by atoms with Gasteiger partial charge < -0.3 is 14.8 Å². The van der Waals surface area contributed by atoms with E-state index in [-0.39, 0.29) is 12.2 Å². The normalized spacial score (nSPS) is 23.3. The Labute approximate surface area is 105 Å². The van der Waals surface area contributed by atoms with Crippen LogP contribution >= 0.6 is 0 Å². The molecule has 2 unspecified atom stereocenters. The SMILES string of the molecule is CNCC1CCC(COc2ccc(F)c(F)c2)O1. The zero-order chi connectivity index (χ0) is 13.0. The first-order chi connectivity index (χ1) is 8.69. The number of nitrogens with one attached hydrogen (secondary N) is 1. The Kier molecular flexibility index (Phi) is 4.49. The van der Waals surface area contributed by atoms with E-state index in [9.17, 15) is 8.78 Å². The van der Waals surface area contributed by atoms with Crippen LogP contribution in [-0.4, -0.2) is 32.4 Å². The van der Waals surface area contributed by atoms with Crippen molar-refractivity contribution in [1.29, 1.82) is 0 Å². The second kappa shape index (κ2) is 6.11. The second-order valence-corrected chi connectivity index (χ2v) is 4.40. The van der Waals surface area contributed by atoms with Gasteiger partial charge in [-0.25, -0.2) is 8.78 Å². The van der Waals surface area contributed by atoms with E-state index in [1.54, 1.807) is 0 Å². The number of hydrogen-bond donors (Lipinski definition) is 1. The van der Waals surface area contributed by atoms with Crippen molar-refractivity contribution in [3.05, 3.63) is 29.8 Å². The Bertz CT molecular complexity index is 401. The highest BCUT2D eigenvalue weighted by molar-refractivity contribution is 5.23. The second-order valence-electron chi connectivity index (χ2n) is 4.40. The number of likely N-dealkylation sites (N-methyl/N-ethyl adjacent to an activating group) is 1. The minimum Gasteiger partial charge on any atom is -0.491 e. The monoisotopic (exact) mass is 257 g/mol. The summed E-state index contributed by atoms with van der Waals surface area (Å²) >= 11 is 0. The van der Waals surface area contributed by atoms with Crippen LogP contribution in [0, 0.1) is 11.6 Å². The molecular formula is C13H17F2NO2. The Hall–Kier alpha value is -1.20. The van der Waals surface area contributed by atoms with Gasteiger partial charge in [0.1, 0.15) is 12.4 Å². The number of ether oxygens (including phenoxy) is 2. The molecule has 18 heavy (non-hydrogen) atoms. The molecule has 1 aromatic carbocycles. The quantitative estimate of drug-likeness (QED) is 0.876. The van der Waals surface area contributed by atoms with Crippen molar-refractivity contribution in [1.82, 2.24) is 5.32 Å². The Morgan fingerprint density at radius 2 is 2.06 bits per heavy atom. The van der Waals surface area contributed by atoms with E-state index < -0.39 is 11.6 Å². The molecule has 0 radical (unpaired) electrons. The van der Waals surface area contributed by atoms with Gasteiger partial charge >= 0.3 is 0 Å². The fourth-order valence-electron chi connectivity index (χ4n) is 2.04. The molecule has 1 saturated heterocycles. The highest BCUT2D eigenvalue weighted by Crippen LogP contribution is 2.21. The summed E-state index contributed by atoms with van der Waals surface area (Å²) in [5, 5.41) is 3.06. The molecule has 5 heteroatoms. The molecule has 1 fully saturated rings. The summed E-state index contributed by atoms with van der Waals surface area (Å²) < 4.78 is 36.8. The minimum absolute atomic E-state index is 0.0245. The predicted molar refractivity (Wildman–Crippen MR) is 63.7 cm³/mol. The van der Waals surface area contributed by atoms with Gasteiger partial charge in [-0.05, 0) is 32.0 Å². The van der Waals surface area contributed by atoms with E-state index >= 15 is 0 Å². The first kappa shape index (κ1) is 13.2. The molecule has 1 aliphatic heterocycles. The summed E-state index contributed by atoms with van der Waals surface area (Å²) in [7, 11) is 1.88. The number of benzene rings is 1. The number of halogens is 2. The minimum atomic E-state index is -0.895. The summed E-state index contributed by atoms with van der Waals surface area (Å²) in [4.78, 5) is 0. The lowest BCUT2D eigenvalue weighted by Crippen LogP contribution is -2.25. The molecule has 0 spiro atoms. The Morgan fingerprint density at radius 3 is 2.78 bits per heavy atom. The lowest BCUT2D eigenvalue weighted by atomic mass is 10.2. The van der Waals surface area contributed by atoms with E-state index in [1.165, 1.54) is 6.07 Å². The summed E-state index contributed by atoms with van der Waals surface area (Å²) in [6, 6.07) is 3.53. The fraction of sp³-hybridized carbons (Fsp3) is 0.538. The molecule has 0 aliphatic carbocycles. The predicted octanol–water partition coefficient (Wildman–Crippen LogP) is 2.11. The van der Waals surface area contributed by atoms with Crippen LogP contribution in [0.5, 0.6) is 5.75 Å². The molecule has 1 N–H and O–H groups in total. The van der Waals surface area contributed by atoms with Gasteiger partial charge in [0.15, 0.2) is 11.6 Å². The zero-order valence-corrected chi connectivity index (χ0v) is 10.3. The van der Waals surface area contributed by atoms with Gasteiger partial charge in [-0.15, -0.1) is 0 Å². The van der Waals surface area contributed by atoms with Gasteiger partial charge in [0, 0.05) is 12.6 Å². The topological polar surface area (TPSA) is 30.5 Å². The zero-order valence-electron chi connectivity index (χ0n) is 10.3. The van der Waals surface area contributed by atoms with Crippen molar-refractivity contribution >= 4 is 0 Å². The summed E-state index contributed by atoms with van der Waals surface area (Å²) in [5.74, 6) is -1.43. The molecule has 2 rings (SSSR count). The first-order valence-corrected chi connectivity index (χ1v) is 6.07. The summed E-state index contributed by atoms with van der Waals surface area (Å²) in [6.45, 7) is 1.19. The summed E-state index contributed by atoms with van der Waals surface area (Å²) in [5.41, 5.74) is 0. The van der Waals surface area contributed by atoms with Crippen LogP contribution < -0.4 is 10.1 Å². The molecule has 1 aromatic rings. The lowest BCUT2D eigenvalue weighted by molar-refractivity contribution is 0.0193. The molecule has 2 atom stereocenters. The van der Waals surface area contributed by atoms with Crippen molar-refractivity contribution in [2.75, 3.05) is 20.2 Å². The molecule has 1 heterocycles. The van der Waals surface area contributed by atoms with Crippen molar-refractivity contribution in [3.8, 4) is 5.75 Å². The summed E-state index contributed by atoms with van der Waals surface area (Å²) in [6.07, 6.45) is 2.16. The van der Waals surface area contributed by atoms with E-state index in [0.717, 1.165) is 31.5 Å². The maximum atomic E-state index is 12.9. The highest BCUT2D eigenvalue weighted by atomic mass is 19.2. The number of hydrogen-bond acceptors (Lipinski definition) is 3. The van der Waals surface area contributed by atoms with Crippen molar-refractivity contribution in [2.45, 2.75) is 25.0 Å². The van der Waals surface area contributed by atoms with Crippen molar-refractivity contribution in [3.63, 3.8) is 0 Å². The van der Waals surface area contributed by atoms with Crippen molar-refractivity contribution in [2.24, 2.45) is 0 Å². The van der Waals surface area contributed by atoms with E-state index in [2.05, 4.69) is 5.32 Å². The van der Waals surface area contributed by atoms with Gasteiger partial charge in [0.2, 0.25) is 0 Å². The van der Waals surface area contributed by atoms with Crippen LogP contribution in [0.2, 0.25) is 0 Å². The standard InChI is InChI=1S/C13H17F2NO2/c1-16-7-10-2-3-11(18-10)8-17-9-4-5-12(14)13(15)6-9/h4-6,10-11,16H,2-3,7-8H2,1H3. The van der Waals surface area contributed by atoms with Gasteiger partial charge in [-0.1, -0.05) is 0 Å². The van der Waals surface area contributed by atoms with Gasteiger partial charge in [-0.2, -0.15) is 0 Å². The molecule has 0 amide bonds. The van der Waals surface area contributed by atoms with Crippen LogP contribution in [0.1, 0.15) is 12.8 Å². The highest BCUT2D eigenvalue weighted by Gasteiger charge is 2.25. The van der Waals surface area contributed by atoms with Crippen LogP contribution in [-0.2, 0) is 4.74 Å².